The minimum absolute atomic E-state index is 0.254. The molecule has 1 saturated heterocycles. The Morgan fingerprint density at radius 3 is 3.15 bits per heavy atom. The Morgan fingerprint density at radius 2 is 2.40 bits per heavy atom. The van der Waals surface area contributed by atoms with Gasteiger partial charge < -0.3 is 14.6 Å². The van der Waals surface area contributed by atoms with Crippen LogP contribution in [0.3, 0.4) is 0 Å². The molecule has 0 saturated carbocycles. The molecule has 0 aromatic heterocycles. The fourth-order valence-electron chi connectivity index (χ4n) is 2.27. The van der Waals surface area contributed by atoms with Gasteiger partial charge in [0.2, 0.25) is 0 Å². The van der Waals surface area contributed by atoms with Crippen LogP contribution in [0.15, 0.2) is 24.3 Å². The molecule has 1 aliphatic rings. The molecular weight excluding hydrogens is 258 g/mol. The highest BCUT2D eigenvalue weighted by Crippen LogP contribution is 2.14. The lowest BCUT2D eigenvalue weighted by atomic mass is 10.2. The minimum Gasteiger partial charge on any atom is -0.494 e. The molecule has 1 N–H and O–H groups in total. The lowest BCUT2D eigenvalue weighted by molar-refractivity contribution is -0.00200. The molecule has 110 valence electrons. The number of morpholine rings is 1. The SMILES string of the molecule is CC1COCCN1CCCOc1cccc(C(=O)O)c1. The number of nitrogens with zero attached hydrogens (tertiary/aromatic N) is 1. The van der Waals surface area contributed by atoms with Crippen LogP contribution in [0.5, 0.6) is 5.75 Å². The fraction of sp³-hybridized carbons (Fsp3) is 0.533. The highest BCUT2D eigenvalue weighted by molar-refractivity contribution is 5.87. The zero-order valence-corrected chi connectivity index (χ0v) is 11.7. The maximum Gasteiger partial charge on any atom is 0.335 e. The Balaban J connectivity index is 1.73. The average Bonchev–Trinajstić information content (AvgIpc) is 2.45. The van der Waals surface area contributed by atoms with Crippen LogP contribution in [0.2, 0.25) is 0 Å². The number of benzene rings is 1. The number of hydrogen-bond donors (Lipinski definition) is 1. The van der Waals surface area contributed by atoms with Crippen LogP contribution in [0.1, 0.15) is 23.7 Å². The van der Waals surface area contributed by atoms with Gasteiger partial charge in [0.1, 0.15) is 5.75 Å². The van der Waals surface area contributed by atoms with E-state index in [0.717, 1.165) is 32.7 Å². The maximum absolute atomic E-state index is 10.9. The molecule has 0 radical (unpaired) electrons. The lowest BCUT2D eigenvalue weighted by Gasteiger charge is -2.33. The van der Waals surface area contributed by atoms with E-state index in [4.69, 9.17) is 14.6 Å². The Kier molecular flexibility index (Phi) is 5.38. The molecule has 5 nitrogen and oxygen atoms in total. The number of carboxylic acids is 1. The molecule has 1 aromatic carbocycles. The van der Waals surface area contributed by atoms with E-state index in [2.05, 4.69) is 11.8 Å². The van der Waals surface area contributed by atoms with E-state index >= 15 is 0 Å². The standard InChI is InChI=1S/C15H21NO4/c1-12-11-19-9-7-16(12)6-3-8-20-14-5-2-4-13(10-14)15(17)18/h2,4-5,10,12H,3,6-9,11H2,1H3,(H,17,18). The summed E-state index contributed by atoms with van der Waals surface area (Å²) in [6, 6.07) is 7.05. The quantitative estimate of drug-likeness (QED) is 0.806. The van der Waals surface area contributed by atoms with Crippen molar-refractivity contribution in [1.82, 2.24) is 4.90 Å². The summed E-state index contributed by atoms with van der Waals surface area (Å²) in [6.45, 7) is 6.29. The van der Waals surface area contributed by atoms with Gasteiger partial charge in [0.25, 0.3) is 0 Å². The number of carbonyl (C=O) groups is 1. The van der Waals surface area contributed by atoms with Crippen LogP contribution < -0.4 is 4.74 Å². The number of aromatic carboxylic acids is 1. The van der Waals surface area contributed by atoms with E-state index in [1.54, 1.807) is 24.3 Å². The molecule has 1 fully saturated rings. The monoisotopic (exact) mass is 279 g/mol. The maximum atomic E-state index is 10.9. The summed E-state index contributed by atoms with van der Waals surface area (Å²) in [5.74, 6) is -0.322. The molecule has 1 atom stereocenters. The third kappa shape index (κ3) is 4.21. The van der Waals surface area contributed by atoms with Crippen LogP contribution in [0.4, 0.5) is 0 Å². The predicted octanol–water partition coefficient (Wildman–Crippen LogP) is 1.87. The highest BCUT2D eigenvalue weighted by atomic mass is 16.5. The molecular formula is C15H21NO4. The van der Waals surface area contributed by atoms with Gasteiger partial charge in [-0.15, -0.1) is 0 Å². The van der Waals surface area contributed by atoms with Gasteiger partial charge in [-0.3, -0.25) is 4.90 Å². The van der Waals surface area contributed by atoms with Crippen molar-refractivity contribution in [3.8, 4) is 5.75 Å². The molecule has 1 unspecified atom stereocenters. The topological polar surface area (TPSA) is 59.0 Å². The summed E-state index contributed by atoms with van der Waals surface area (Å²) in [5.41, 5.74) is 0.254. The van der Waals surface area contributed by atoms with Crippen molar-refractivity contribution < 1.29 is 19.4 Å². The molecule has 0 bridgehead atoms. The van der Waals surface area contributed by atoms with Gasteiger partial charge in [-0.1, -0.05) is 6.07 Å². The van der Waals surface area contributed by atoms with Crippen molar-refractivity contribution >= 4 is 5.97 Å². The largest absolute Gasteiger partial charge is 0.494 e. The van der Waals surface area contributed by atoms with Crippen molar-refractivity contribution in [3.63, 3.8) is 0 Å². The molecule has 20 heavy (non-hydrogen) atoms. The first kappa shape index (κ1) is 14.8. The first-order valence-electron chi connectivity index (χ1n) is 6.95. The van der Waals surface area contributed by atoms with Crippen LogP contribution in [-0.4, -0.2) is 54.9 Å². The minimum atomic E-state index is -0.933. The van der Waals surface area contributed by atoms with Gasteiger partial charge in [-0.2, -0.15) is 0 Å². The van der Waals surface area contributed by atoms with E-state index < -0.39 is 5.97 Å². The molecule has 0 aliphatic carbocycles. The van der Waals surface area contributed by atoms with Crippen molar-refractivity contribution in [2.24, 2.45) is 0 Å². The van der Waals surface area contributed by atoms with Crippen molar-refractivity contribution in [1.29, 1.82) is 0 Å². The zero-order chi connectivity index (χ0) is 14.4. The summed E-state index contributed by atoms with van der Waals surface area (Å²) < 4.78 is 11.0. The highest BCUT2D eigenvalue weighted by Gasteiger charge is 2.17. The third-order valence-corrected chi connectivity index (χ3v) is 3.44. The smallest absolute Gasteiger partial charge is 0.335 e. The normalized spacial score (nSPS) is 19.8. The van der Waals surface area contributed by atoms with Crippen LogP contribution in [0.25, 0.3) is 0 Å². The number of hydrogen-bond acceptors (Lipinski definition) is 4. The summed E-state index contributed by atoms with van der Waals surface area (Å²) in [7, 11) is 0. The van der Waals surface area contributed by atoms with Gasteiger partial charge in [-0.25, -0.2) is 4.79 Å². The number of carboxylic acid groups (broad SMARTS) is 1. The van der Waals surface area contributed by atoms with E-state index in [1.165, 1.54) is 0 Å². The average molecular weight is 279 g/mol. The van der Waals surface area contributed by atoms with E-state index in [0.29, 0.717) is 18.4 Å². The summed E-state index contributed by atoms with van der Waals surface area (Å²) in [4.78, 5) is 13.2. The Hall–Kier alpha value is -1.59. The fourth-order valence-corrected chi connectivity index (χ4v) is 2.27. The second-order valence-corrected chi connectivity index (χ2v) is 4.99. The third-order valence-electron chi connectivity index (χ3n) is 3.44. The Bertz CT molecular complexity index is 449. The summed E-state index contributed by atoms with van der Waals surface area (Å²) >= 11 is 0. The van der Waals surface area contributed by atoms with Crippen molar-refractivity contribution in [3.05, 3.63) is 29.8 Å². The van der Waals surface area contributed by atoms with Crippen LogP contribution >= 0.6 is 0 Å². The lowest BCUT2D eigenvalue weighted by Crippen LogP contribution is -2.44. The second kappa shape index (κ2) is 7.26. The zero-order valence-electron chi connectivity index (χ0n) is 11.7. The van der Waals surface area contributed by atoms with Gasteiger partial charge >= 0.3 is 5.97 Å². The molecule has 0 amide bonds. The first-order valence-corrected chi connectivity index (χ1v) is 6.95. The molecule has 0 spiro atoms. The van der Waals surface area contributed by atoms with Gasteiger partial charge in [0.15, 0.2) is 0 Å². The number of ether oxygens (including phenoxy) is 2. The van der Waals surface area contributed by atoms with Crippen molar-refractivity contribution in [2.45, 2.75) is 19.4 Å². The van der Waals surface area contributed by atoms with Crippen molar-refractivity contribution in [2.75, 3.05) is 32.9 Å². The summed E-state index contributed by atoms with van der Waals surface area (Å²) in [5, 5.41) is 8.91. The summed E-state index contributed by atoms with van der Waals surface area (Å²) in [6.07, 6.45) is 0.918. The van der Waals surface area contributed by atoms with Gasteiger partial charge in [0, 0.05) is 19.1 Å². The second-order valence-electron chi connectivity index (χ2n) is 4.99. The molecule has 1 aliphatic heterocycles. The Labute approximate surface area is 119 Å². The van der Waals surface area contributed by atoms with Gasteiger partial charge in [-0.05, 0) is 31.5 Å². The van der Waals surface area contributed by atoms with Gasteiger partial charge in [0.05, 0.1) is 25.4 Å². The molecule has 2 rings (SSSR count). The van der Waals surface area contributed by atoms with Crippen LogP contribution in [0, 0.1) is 0 Å². The molecule has 1 heterocycles. The Morgan fingerprint density at radius 1 is 1.55 bits per heavy atom. The molecule has 1 aromatic rings. The first-order chi connectivity index (χ1) is 9.66. The van der Waals surface area contributed by atoms with E-state index in [1.807, 2.05) is 0 Å². The molecule has 5 heteroatoms. The van der Waals surface area contributed by atoms with E-state index in [-0.39, 0.29) is 5.56 Å². The predicted molar refractivity (Wildman–Crippen MR) is 75.4 cm³/mol. The van der Waals surface area contributed by atoms with E-state index in [9.17, 15) is 4.79 Å². The van der Waals surface area contributed by atoms with Crippen LogP contribution in [-0.2, 0) is 4.74 Å². The number of rotatable bonds is 6.